The van der Waals surface area contributed by atoms with Gasteiger partial charge in [-0.25, -0.2) is 4.79 Å². The molecule has 1 unspecified atom stereocenters. The van der Waals surface area contributed by atoms with E-state index in [2.05, 4.69) is 0 Å². The number of benzene rings is 1. The number of hydrogen-bond acceptors (Lipinski definition) is 3. The molecule has 0 aliphatic heterocycles. The molecule has 0 saturated carbocycles. The maximum atomic E-state index is 11.4. The fraction of sp³-hybridized carbons (Fsp3) is 0.417. The highest BCUT2D eigenvalue weighted by atomic mass is 35.5. The molecule has 0 bridgehead atoms. The molecule has 0 heterocycles. The smallest absolute Gasteiger partial charge is 0.338 e. The van der Waals surface area contributed by atoms with Crippen LogP contribution in [0.15, 0.2) is 24.3 Å². The SMILES string of the molecule is CCOC(=O)c1ccc(C(Cl)OCC)cc1. The molecule has 3 nitrogen and oxygen atoms in total. The number of alkyl halides is 1. The number of halogens is 1. The Hall–Kier alpha value is -1.06. The van der Waals surface area contributed by atoms with Gasteiger partial charge in [-0.05, 0) is 31.5 Å². The fourth-order valence-corrected chi connectivity index (χ4v) is 1.50. The number of hydrogen-bond donors (Lipinski definition) is 0. The van der Waals surface area contributed by atoms with Crippen molar-refractivity contribution in [1.29, 1.82) is 0 Å². The van der Waals surface area contributed by atoms with Gasteiger partial charge in [-0.1, -0.05) is 23.7 Å². The third kappa shape index (κ3) is 3.51. The van der Waals surface area contributed by atoms with Crippen LogP contribution in [0.4, 0.5) is 0 Å². The lowest BCUT2D eigenvalue weighted by Gasteiger charge is -2.10. The number of esters is 1. The summed E-state index contributed by atoms with van der Waals surface area (Å²) >= 11 is 5.96. The summed E-state index contributed by atoms with van der Waals surface area (Å²) in [7, 11) is 0. The highest BCUT2D eigenvalue weighted by Gasteiger charge is 2.09. The molecule has 0 aromatic heterocycles. The predicted molar refractivity (Wildman–Crippen MR) is 62.6 cm³/mol. The van der Waals surface area contributed by atoms with Crippen molar-refractivity contribution in [2.45, 2.75) is 19.4 Å². The zero-order valence-electron chi connectivity index (χ0n) is 9.40. The van der Waals surface area contributed by atoms with Crippen molar-refractivity contribution in [3.8, 4) is 0 Å². The minimum Gasteiger partial charge on any atom is -0.462 e. The van der Waals surface area contributed by atoms with E-state index in [1.807, 2.05) is 6.92 Å². The van der Waals surface area contributed by atoms with Gasteiger partial charge in [0.05, 0.1) is 12.2 Å². The van der Waals surface area contributed by atoms with E-state index in [-0.39, 0.29) is 5.97 Å². The maximum absolute atomic E-state index is 11.4. The van der Waals surface area contributed by atoms with E-state index < -0.39 is 5.56 Å². The first-order chi connectivity index (χ1) is 7.69. The van der Waals surface area contributed by atoms with Crippen molar-refractivity contribution in [3.05, 3.63) is 35.4 Å². The Labute approximate surface area is 100 Å². The summed E-state index contributed by atoms with van der Waals surface area (Å²) in [4.78, 5) is 11.4. The lowest BCUT2D eigenvalue weighted by Crippen LogP contribution is -2.05. The van der Waals surface area contributed by atoms with Crippen LogP contribution < -0.4 is 0 Å². The highest BCUT2D eigenvalue weighted by molar-refractivity contribution is 6.19. The van der Waals surface area contributed by atoms with Crippen molar-refractivity contribution in [3.63, 3.8) is 0 Å². The van der Waals surface area contributed by atoms with Crippen molar-refractivity contribution >= 4 is 17.6 Å². The molecule has 0 N–H and O–H groups in total. The fourth-order valence-electron chi connectivity index (χ4n) is 1.23. The average molecular weight is 243 g/mol. The van der Waals surface area contributed by atoms with Gasteiger partial charge in [0.15, 0.2) is 5.56 Å². The quantitative estimate of drug-likeness (QED) is 0.588. The molecule has 0 saturated heterocycles. The first kappa shape index (κ1) is 13.0. The van der Waals surface area contributed by atoms with Crippen LogP contribution in [0.2, 0.25) is 0 Å². The second-order valence-electron chi connectivity index (χ2n) is 3.11. The molecule has 0 aliphatic rings. The van der Waals surface area contributed by atoms with Crippen LogP contribution >= 0.6 is 11.6 Å². The summed E-state index contributed by atoms with van der Waals surface area (Å²) in [5, 5.41) is 0. The molecule has 1 atom stereocenters. The summed E-state index contributed by atoms with van der Waals surface area (Å²) in [5.41, 5.74) is 0.878. The van der Waals surface area contributed by atoms with Gasteiger partial charge < -0.3 is 9.47 Å². The Bertz CT molecular complexity index is 335. The number of carbonyl (C=O) groups excluding carboxylic acids is 1. The third-order valence-electron chi connectivity index (χ3n) is 2.00. The van der Waals surface area contributed by atoms with Gasteiger partial charge >= 0.3 is 5.97 Å². The molecule has 16 heavy (non-hydrogen) atoms. The van der Waals surface area contributed by atoms with E-state index in [4.69, 9.17) is 21.1 Å². The van der Waals surface area contributed by atoms with Crippen molar-refractivity contribution in [1.82, 2.24) is 0 Å². The third-order valence-corrected chi connectivity index (χ3v) is 2.37. The molecule has 1 rings (SSSR count). The number of carbonyl (C=O) groups is 1. The second-order valence-corrected chi connectivity index (χ2v) is 3.51. The van der Waals surface area contributed by atoms with E-state index in [0.717, 1.165) is 5.56 Å². The normalized spacial score (nSPS) is 12.2. The van der Waals surface area contributed by atoms with Gasteiger partial charge in [-0.3, -0.25) is 0 Å². The molecule has 88 valence electrons. The summed E-state index contributed by atoms with van der Waals surface area (Å²) in [6.07, 6.45) is 0. The monoisotopic (exact) mass is 242 g/mol. The topological polar surface area (TPSA) is 35.5 Å². The second kappa shape index (κ2) is 6.51. The summed E-state index contributed by atoms with van der Waals surface area (Å²) < 4.78 is 10.1. The maximum Gasteiger partial charge on any atom is 0.338 e. The van der Waals surface area contributed by atoms with Gasteiger partial charge in [-0.15, -0.1) is 0 Å². The minimum absolute atomic E-state index is 0.323. The molecule has 4 heteroatoms. The van der Waals surface area contributed by atoms with Crippen molar-refractivity contribution in [2.24, 2.45) is 0 Å². The molecule has 0 radical (unpaired) electrons. The zero-order valence-corrected chi connectivity index (χ0v) is 10.2. The molecule has 1 aromatic rings. The highest BCUT2D eigenvalue weighted by Crippen LogP contribution is 2.21. The van der Waals surface area contributed by atoms with Gasteiger partial charge in [0, 0.05) is 6.61 Å². The molecule has 0 fully saturated rings. The Morgan fingerprint density at radius 3 is 2.38 bits per heavy atom. The standard InChI is InChI=1S/C12H15ClO3/c1-3-15-11(13)9-5-7-10(8-6-9)12(14)16-4-2/h5-8,11H,3-4H2,1-2H3. The predicted octanol–water partition coefficient (Wildman–Crippen LogP) is 3.14. The molecule has 1 aromatic carbocycles. The van der Waals surface area contributed by atoms with Crippen molar-refractivity contribution < 1.29 is 14.3 Å². The number of ether oxygens (including phenoxy) is 2. The first-order valence-electron chi connectivity index (χ1n) is 5.21. The lowest BCUT2D eigenvalue weighted by molar-refractivity contribution is 0.0526. The van der Waals surface area contributed by atoms with Crippen LogP contribution in [-0.4, -0.2) is 19.2 Å². The van der Waals surface area contributed by atoms with Gasteiger partial charge in [0.1, 0.15) is 0 Å². The van der Waals surface area contributed by atoms with Gasteiger partial charge in [-0.2, -0.15) is 0 Å². The van der Waals surface area contributed by atoms with Crippen LogP contribution in [0.5, 0.6) is 0 Å². The summed E-state index contributed by atoms with van der Waals surface area (Å²) in [6.45, 7) is 4.57. The largest absolute Gasteiger partial charge is 0.462 e. The molecular formula is C12H15ClO3. The first-order valence-corrected chi connectivity index (χ1v) is 5.65. The van der Waals surface area contributed by atoms with Crippen molar-refractivity contribution in [2.75, 3.05) is 13.2 Å². The van der Waals surface area contributed by atoms with Crippen LogP contribution in [0, 0.1) is 0 Å². The lowest BCUT2D eigenvalue weighted by atomic mass is 10.1. The Kier molecular flexibility index (Phi) is 5.29. The Balaban J connectivity index is 2.71. The van der Waals surface area contributed by atoms with Crippen LogP contribution in [-0.2, 0) is 9.47 Å². The molecule has 0 aliphatic carbocycles. The average Bonchev–Trinajstić information content (AvgIpc) is 2.30. The van der Waals surface area contributed by atoms with E-state index in [9.17, 15) is 4.79 Å². The van der Waals surface area contributed by atoms with Crippen LogP contribution in [0.25, 0.3) is 0 Å². The van der Waals surface area contributed by atoms with E-state index in [0.29, 0.717) is 18.8 Å². The van der Waals surface area contributed by atoms with Crippen LogP contribution in [0.3, 0.4) is 0 Å². The molecular weight excluding hydrogens is 228 g/mol. The van der Waals surface area contributed by atoms with Gasteiger partial charge in [0.25, 0.3) is 0 Å². The molecule has 0 spiro atoms. The zero-order chi connectivity index (χ0) is 12.0. The Morgan fingerprint density at radius 1 is 1.25 bits per heavy atom. The number of rotatable bonds is 5. The van der Waals surface area contributed by atoms with Crippen LogP contribution in [0.1, 0.15) is 35.3 Å². The van der Waals surface area contributed by atoms with E-state index >= 15 is 0 Å². The summed E-state index contributed by atoms with van der Waals surface area (Å²) in [5.74, 6) is -0.323. The minimum atomic E-state index is -0.471. The Morgan fingerprint density at radius 2 is 1.88 bits per heavy atom. The molecule has 0 amide bonds. The van der Waals surface area contributed by atoms with Gasteiger partial charge in [0.2, 0.25) is 0 Å². The van der Waals surface area contributed by atoms with E-state index in [1.54, 1.807) is 31.2 Å². The summed E-state index contributed by atoms with van der Waals surface area (Å²) in [6, 6.07) is 6.89. The van der Waals surface area contributed by atoms with E-state index in [1.165, 1.54) is 0 Å².